The monoisotopic (exact) mass is 457 g/mol. The summed E-state index contributed by atoms with van der Waals surface area (Å²) >= 11 is 1.35. The zero-order valence-corrected chi connectivity index (χ0v) is 19.7. The lowest BCUT2D eigenvalue weighted by molar-refractivity contribution is -0.134. The lowest BCUT2D eigenvalue weighted by Crippen LogP contribution is -2.54. The second-order valence-electron chi connectivity index (χ2n) is 7.77. The molecule has 0 saturated carbocycles. The number of hydrogen-bond acceptors (Lipinski definition) is 5. The predicted octanol–water partition coefficient (Wildman–Crippen LogP) is 3.28. The first kappa shape index (κ1) is 23.8. The molecule has 8 heteroatoms. The number of ether oxygens (including phenoxy) is 1. The maximum Gasteiger partial charge on any atom is 0.262 e. The van der Waals surface area contributed by atoms with Gasteiger partial charge in [0.2, 0.25) is 5.91 Å². The highest BCUT2D eigenvalue weighted by Crippen LogP contribution is 2.26. The summed E-state index contributed by atoms with van der Waals surface area (Å²) in [4.78, 5) is 43.2. The van der Waals surface area contributed by atoms with Crippen molar-refractivity contribution in [3.8, 4) is 5.75 Å². The van der Waals surface area contributed by atoms with Gasteiger partial charge in [0.05, 0.1) is 17.6 Å². The number of para-hydroxylation sites is 1. The third-order valence-corrected chi connectivity index (χ3v) is 6.88. The van der Waals surface area contributed by atoms with Gasteiger partial charge in [-0.3, -0.25) is 14.4 Å². The number of likely N-dealkylation sites (tertiary alicyclic amines) is 1. The minimum absolute atomic E-state index is 0.0336. The van der Waals surface area contributed by atoms with Crippen LogP contribution in [0.15, 0.2) is 41.8 Å². The number of rotatable bonds is 8. The zero-order valence-electron chi connectivity index (χ0n) is 18.9. The number of amides is 3. The molecule has 1 aromatic heterocycles. The molecular weight excluding hydrogens is 426 g/mol. The van der Waals surface area contributed by atoms with Crippen molar-refractivity contribution < 1.29 is 19.1 Å². The fraction of sp³-hybridized carbons (Fsp3) is 0.458. The number of carbonyl (C=O) groups is 3. The molecule has 1 aliphatic heterocycles. The van der Waals surface area contributed by atoms with E-state index in [1.54, 1.807) is 35.1 Å². The van der Waals surface area contributed by atoms with Gasteiger partial charge in [-0.1, -0.05) is 18.2 Å². The van der Waals surface area contributed by atoms with E-state index < -0.39 is 6.04 Å². The Morgan fingerprint density at radius 1 is 1.12 bits per heavy atom. The normalized spacial score (nSPS) is 15.2. The maximum atomic E-state index is 13.2. The molecule has 0 aliphatic carbocycles. The minimum Gasteiger partial charge on any atom is -0.496 e. The van der Waals surface area contributed by atoms with Gasteiger partial charge in [0.15, 0.2) is 0 Å². The molecule has 32 heavy (non-hydrogen) atoms. The number of likely N-dealkylation sites (N-methyl/N-ethyl adjacent to an activating group) is 1. The van der Waals surface area contributed by atoms with Gasteiger partial charge in [0, 0.05) is 26.2 Å². The van der Waals surface area contributed by atoms with E-state index >= 15 is 0 Å². The number of nitrogens with one attached hydrogen (secondary N) is 1. The molecule has 0 radical (unpaired) electrons. The molecule has 1 aromatic carbocycles. The van der Waals surface area contributed by atoms with Crippen molar-refractivity contribution in [3.05, 3.63) is 52.2 Å². The summed E-state index contributed by atoms with van der Waals surface area (Å²) in [6.45, 7) is 6.11. The summed E-state index contributed by atoms with van der Waals surface area (Å²) < 4.78 is 5.33. The SMILES string of the molecule is CCN(CC)C(=O)C(NC(=O)c1cccs1)C1CCN(C(=O)c2ccccc2OC)CC1. The highest BCUT2D eigenvalue weighted by Gasteiger charge is 2.36. The number of nitrogens with zero attached hydrogens (tertiary/aromatic N) is 2. The lowest BCUT2D eigenvalue weighted by atomic mass is 9.88. The molecule has 0 bridgehead atoms. The molecule has 1 atom stereocenters. The summed E-state index contributed by atoms with van der Waals surface area (Å²) in [5, 5.41) is 4.83. The second-order valence-corrected chi connectivity index (χ2v) is 8.72. The largest absolute Gasteiger partial charge is 0.496 e. The number of piperidine rings is 1. The summed E-state index contributed by atoms with van der Waals surface area (Å²) in [6.07, 6.45) is 1.28. The van der Waals surface area contributed by atoms with Gasteiger partial charge in [-0.25, -0.2) is 0 Å². The van der Waals surface area contributed by atoms with Crippen LogP contribution in [-0.2, 0) is 4.79 Å². The Morgan fingerprint density at radius 2 is 1.81 bits per heavy atom. The summed E-state index contributed by atoms with van der Waals surface area (Å²) in [5.74, 6) is 0.161. The Kier molecular flexibility index (Phi) is 8.27. The minimum atomic E-state index is -0.604. The van der Waals surface area contributed by atoms with Crippen molar-refractivity contribution in [1.82, 2.24) is 15.1 Å². The molecule has 1 aliphatic rings. The predicted molar refractivity (Wildman–Crippen MR) is 125 cm³/mol. The Balaban J connectivity index is 1.72. The van der Waals surface area contributed by atoms with Gasteiger partial charge in [-0.05, 0) is 56.2 Å². The van der Waals surface area contributed by atoms with Crippen LogP contribution in [-0.4, -0.2) is 66.9 Å². The van der Waals surface area contributed by atoms with Crippen LogP contribution < -0.4 is 10.1 Å². The second kappa shape index (κ2) is 11.1. The van der Waals surface area contributed by atoms with E-state index in [0.29, 0.717) is 55.2 Å². The molecule has 1 fully saturated rings. The van der Waals surface area contributed by atoms with E-state index in [0.717, 1.165) is 0 Å². The summed E-state index contributed by atoms with van der Waals surface area (Å²) in [6, 6.07) is 10.2. The number of methoxy groups -OCH3 is 1. The maximum absolute atomic E-state index is 13.2. The van der Waals surface area contributed by atoms with Gasteiger partial charge in [0.1, 0.15) is 11.8 Å². The molecule has 0 spiro atoms. The molecule has 172 valence electrons. The first-order valence-electron chi connectivity index (χ1n) is 11.1. The Morgan fingerprint density at radius 3 is 2.41 bits per heavy atom. The van der Waals surface area contributed by atoms with Crippen LogP contribution >= 0.6 is 11.3 Å². The van der Waals surface area contributed by atoms with Crippen molar-refractivity contribution in [1.29, 1.82) is 0 Å². The molecule has 2 heterocycles. The molecule has 2 aromatic rings. The fourth-order valence-electron chi connectivity index (χ4n) is 4.16. The van der Waals surface area contributed by atoms with E-state index in [1.807, 2.05) is 37.4 Å². The van der Waals surface area contributed by atoms with Crippen LogP contribution in [0.5, 0.6) is 5.75 Å². The van der Waals surface area contributed by atoms with Gasteiger partial charge in [-0.2, -0.15) is 0 Å². The standard InChI is InChI=1S/C24H31N3O4S/c1-4-26(5-2)24(30)21(25-22(28)20-11-8-16-32-20)17-12-14-27(15-13-17)23(29)18-9-6-7-10-19(18)31-3/h6-11,16-17,21H,4-5,12-15H2,1-3H3,(H,25,28). The van der Waals surface area contributed by atoms with E-state index in [4.69, 9.17) is 4.74 Å². The zero-order chi connectivity index (χ0) is 23.1. The lowest BCUT2D eigenvalue weighted by Gasteiger charge is -2.37. The number of benzene rings is 1. The smallest absolute Gasteiger partial charge is 0.262 e. The molecular formula is C24H31N3O4S. The number of hydrogen-bond donors (Lipinski definition) is 1. The average Bonchev–Trinajstić information content (AvgIpc) is 3.38. The van der Waals surface area contributed by atoms with Crippen molar-refractivity contribution in [2.45, 2.75) is 32.7 Å². The quantitative estimate of drug-likeness (QED) is 0.660. The van der Waals surface area contributed by atoms with Crippen LogP contribution in [0.3, 0.4) is 0 Å². The number of carbonyl (C=O) groups excluding carboxylic acids is 3. The third-order valence-electron chi connectivity index (χ3n) is 6.01. The third kappa shape index (κ3) is 5.30. The molecule has 3 rings (SSSR count). The molecule has 1 N–H and O–H groups in total. The van der Waals surface area contributed by atoms with Gasteiger partial charge < -0.3 is 19.9 Å². The highest BCUT2D eigenvalue weighted by molar-refractivity contribution is 7.12. The fourth-order valence-corrected chi connectivity index (χ4v) is 4.79. The van der Waals surface area contributed by atoms with Crippen molar-refractivity contribution in [2.75, 3.05) is 33.3 Å². The van der Waals surface area contributed by atoms with Crippen LogP contribution in [0.1, 0.15) is 46.7 Å². The van der Waals surface area contributed by atoms with E-state index in [2.05, 4.69) is 5.32 Å². The summed E-state index contributed by atoms with van der Waals surface area (Å²) in [7, 11) is 1.55. The summed E-state index contributed by atoms with van der Waals surface area (Å²) in [5.41, 5.74) is 0.537. The van der Waals surface area contributed by atoms with E-state index in [9.17, 15) is 14.4 Å². The van der Waals surface area contributed by atoms with E-state index in [1.165, 1.54) is 11.3 Å². The van der Waals surface area contributed by atoms with Gasteiger partial charge in [-0.15, -0.1) is 11.3 Å². The van der Waals surface area contributed by atoms with Crippen LogP contribution in [0.25, 0.3) is 0 Å². The highest BCUT2D eigenvalue weighted by atomic mass is 32.1. The first-order valence-corrected chi connectivity index (χ1v) is 11.9. The van der Waals surface area contributed by atoms with Gasteiger partial charge >= 0.3 is 0 Å². The average molecular weight is 458 g/mol. The van der Waals surface area contributed by atoms with Crippen molar-refractivity contribution in [3.63, 3.8) is 0 Å². The Bertz CT molecular complexity index is 919. The van der Waals surface area contributed by atoms with Crippen molar-refractivity contribution >= 4 is 29.1 Å². The topological polar surface area (TPSA) is 79.0 Å². The van der Waals surface area contributed by atoms with Crippen molar-refractivity contribution in [2.24, 2.45) is 5.92 Å². The van der Waals surface area contributed by atoms with Crippen LogP contribution in [0, 0.1) is 5.92 Å². The Labute approximate surface area is 193 Å². The van der Waals surface area contributed by atoms with Crippen LogP contribution in [0.4, 0.5) is 0 Å². The van der Waals surface area contributed by atoms with Gasteiger partial charge in [0.25, 0.3) is 11.8 Å². The van der Waals surface area contributed by atoms with E-state index in [-0.39, 0.29) is 23.6 Å². The first-order chi connectivity index (χ1) is 15.5. The van der Waals surface area contributed by atoms with Crippen LogP contribution in [0.2, 0.25) is 0 Å². The molecule has 7 nitrogen and oxygen atoms in total. The molecule has 3 amide bonds. The molecule has 1 unspecified atom stereocenters. The number of thiophene rings is 1. The molecule has 1 saturated heterocycles. The Hall–Kier alpha value is -2.87.